The maximum Gasteiger partial charge on any atom is 0.331 e. The number of nitrogens with zero attached hydrogens (tertiary/aromatic N) is 2. The Morgan fingerprint density at radius 3 is 2.31 bits per heavy atom. The van der Waals surface area contributed by atoms with Gasteiger partial charge >= 0.3 is 6.03 Å². The van der Waals surface area contributed by atoms with E-state index in [1.807, 2.05) is 39.0 Å². The molecule has 2 aliphatic rings. The number of barbiturate groups is 1. The predicted octanol–water partition coefficient (Wildman–Crippen LogP) is 3.81. The average Bonchev–Trinajstić information content (AvgIpc) is 3.28. The van der Waals surface area contributed by atoms with Crippen LogP contribution >= 0.6 is 0 Å². The number of rotatable bonds is 3. The Bertz CT molecular complexity index is 1020. The number of carbonyl (C=O) groups is 3. The van der Waals surface area contributed by atoms with Gasteiger partial charge in [-0.05, 0) is 63.5 Å². The summed E-state index contributed by atoms with van der Waals surface area (Å²) in [7, 11) is 0. The Hall–Kier alpha value is -3.15. The lowest BCUT2D eigenvalue weighted by Gasteiger charge is -2.31. The second-order valence-corrected chi connectivity index (χ2v) is 7.93. The van der Waals surface area contributed by atoms with Crippen LogP contribution in [0.15, 0.2) is 35.9 Å². The monoisotopic (exact) mass is 391 g/mol. The zero-order chi connectivity index (χ0) is 20.7. The van der Waals surface area contributed by atoms with Gasteiger partial charge in [0.25, 0.3) is 11.8 Å². The van der Waals surface area contributed by atoms with Crippen LogP contribution in [-0.4, -0.2) is 33.4 Å². The quantitative estimate of drug-likeness (QED) is 0.639. The van der Waals surface area contributed by atoms with E-state index in [9.17, 15) is 14.4 Å². The Balaban J connectivity index is 1.72. The number of carbonyl (C=O) groups excluding carboxylic acids is 3. The molecule has 0 bridgehead atoms. The smallest absolute Gasteiger partial charge is 0.318 e. The molecule has 0 unspecified atom stereocenters. The van der Waals surface area contributed by atoms with Crippen molar-refractivity contribution in [2.24, 2.45) is 0 Å². The van der Waals surface area contributed by atoms with E-state index in [1.54, 1.807) is 6.08 Å². The standard InChI is InChI=1S/C23H25N3O3/c1-14-8-10-19(11-9-14)25-15(2)12-17(16(25)3)13-20-21(27)24-23(29)26(22(20)28)18-6-4-5-7-18/h8-13,18H,4-7H2,1-3H3,(H,24,27,29)/b20-13-. The third-order valence-corrected chi connectivity index (χ3v) is 5.89. The molecule has 150 valence electrons. The molecule has 4 amide bonds. The Morgan fingerprint density at radius 1 is 1.00 bits per heavy atom. The molecular weight excluding hydrogens is 366 g/mol. The van der Waals surface area contributed by atoms with Gasteiger partial charge in [0.2, 0.25) is 0 Å². The van der Waals surface area contributed by atoms with Crippen molar-refractivity contribution in [1.82, 2.24) is 14.8 Å². The first-order chi connectivity index (χ1) is 13.9. The molecule has 1 saturated heterocycles. The highest BCUT2D eigenvalue weighted by atomic mass is 16.2. The maximum absolute atomic E-state index is 13.0. The summed E-state index contributed by atoms with van der Waals surface area (Å²) in [5, 5.41) is 2.34. The minimum absolute atomic E-state index is 0.0145. The molecule has 1 aliphatic carbocycles. The van der Waals surface area contributed by atoms with Crippen molar-refractivity contribution in [3.63, 3.8) is 0 Å². The van der Waals surface area contributed by atoms with Crippen molar-refractivity contribution in [2.45, 2.75) is 52.5 Å². The number of aryl methyl sites for hydroxylation is 2. The lowest BCUT2D eigenvalue weighted by molar-refractivity contribution is -0.131. The summed E-state index contributed by atoms with van der Waals surface area (Å²) in [6.07, 6.45) is 5.18. The zero-order valence-electron chi connectivity index (χ0n) is 17.0. The van der Waals surface area contributed by atoms with Gasteiger partial charge in [0.1, 0.15) is 5.57 Å². The molecule has 2 aromatic rings. The molecule has 29 heavy (non-hydrogen) atoms. The van der Waals surface area contributed by atoms with E-state index < -0.39 is 17.8 Å². The number of urea groups is 1. The molecule has 6 nitrogen and oxygen atoms in total. The second kappa shape index (κ2) is 7.35. The fourth-order valence-electron chi connectivity index (χ4n) is 4.35. The van der Waals surface area contributed by atoms with E-state index in [0.717, 1.165) is 48.3 Å². The van der Waals surface area contributed by atoms with Crippen LogP contribution in [0.5, 0.6) is 0 Å². The fraction of sp³-hybridized carbons (Fsp3) is 0.348. The third kappa shape index (κ3) is 3.39. The van der Waals surface area contributed by atoms with Crippen molar-refractivity contribution in [1.29, 1.82) is 0 Å². The van der Waals surface area contributed by atoms with Crippen LogP contribution in [0.4, 0.5) is 4.79 Å². The van der Waals surface area contributed by atoms with Gasteiger partial charge < -0.3 is 4.57 Å². The molecule has 6 heteroatoms. The number of hydrogen-bond acceptors (Lipinski definition) is 3. The summed E-state index contributed by atoms with van der Waals surface area (Å²) in [4.78, 5) is 39.0. The van der Waals surface area contributed by atoms with Crippen LogP contribution in [0.3, 0.4) is 0 Å². The lowest BCUT2D eigenvalue weighted by atomic mass is 10.1. The van der Waals surface area contributed by atoms with Crippen LogP contribution in [0.1, 0.15) is 48.2 Å². The lowest BCUT2D eigenvalue weighted by Crippen LogP contribution is -2.57. The number of hydrogen-bond donors (Lipinski definition) is 1. The van der Waals surface area contributed by atoms with Crippen LogP contribution in [-0.2, 0) is 9.59 Å². The number of aromatic nitrogens is 1. The molecule has 1 N–H and O–H groups in total. The van der Waals surface area contributed by atoms with Gasteiger partial charge in [-0.15, -0.1) is 0 Å². The van der Waals surface area contributed by atoms with E-state index in [1.165, 1.54) is 10.5 Å². The van der Waals surface area contributed by atoms with Crippen molar-refractivity contribution in [3.05, 3.63) is 58.4 Å². The van der Waals surface area contributed by atoms with Gasteiger partial charge in [0.15, 0.2) is 0 Å². The fourth-order valence-corrected chi connectivity index (χ4v) is 4.35. The first-order valence-electron chi connectivity index (χ1n) is 10.0. The summed E-state index contributed by atoms with van der Waals surface area (Å²) in [5.74, 6) is -1.12. The summed E-state index contributed by atoms with van der Waals surface area (Å²) >= 11 is 0. The average molecular weight is 391 g/mol. The predicted molar refractivity (Wildman–Crippen MR) is 111 cm³/mol. The zero-order valence-corrected chi connectivity index (χ0v) is 17.0. The molecule has 0 radical (unpaired) electrons. The second-order valence-electron chi connectivity index (χ2n) is 7.93. The van der Waals surface area contributed by atoms with Gasteiger partial charge in [-0.1, -0.05) is 30.5 Å². The molecule has 0 spiro atoms. The van der Waals surface area contributed by atoms with Crippen molar-refractivity contribution < 1.29 is 14.4 Å². The number of imide groups is 2. The van der Waals surface area contributed by atoms with Crippen LogP contribution in [0, 0.1) is 20.8 Å². The van der Waals surface area contributed by atoms with Crippen molar-refractivity contribution in [2.75, 3.05) is 0 Å². The van der Waals surface area contributed by atoms with Gasteiger partial charge in [-0.2, -0.15) is 0 Å². The molecular formula is C23H25N3O3. The molecule has 4 rings (SSSR count). The molecule has 2 heterocycles. The summed E-state index contributed by atoms with van der Waals surface area (Å²) in [5.41, 5.74) is 4.95. The molecule has 1 aromatic carbocycles. The highest BCUT2D eigenvalue weighted by Crippen LogP contribution is 2.28. The maximum atomic E-state index is 13.0. The third-order valence-electron chi connectivity index (χ3n) is 5.89. The molecule has 2 fully saturated rings. The van der Waals surface area contributed by atoms with Crippen LogP contribution in [0.25, 0.3) is 11.8 Å². The summed E-state index contributed by atoms with van der Waals surface area (Å²) in [6, 6.07) is 9.42. The molecule has 1 saturated carbocycles. The number of benzene rings is 1. The van der Waals surface area contributed by atoms with E-state index in [4.69, 9.17) is 0 Å². The highest BCUT2D eigenvalue weighted by Gasteiger charge is 2.40. The van der Waals surface area contributed by atoms with Gasteiger partial charge in [-0.3, -0.25) is 19.8 Å². The first kappa shape index (κ1) is 19.2. The van der Waals surface area contributed by atoms with E-state index in [-0.39, 0.29) is 11.6 Å². The SMILES string of the molecule is Cc1ccc(-n2c(C)cc(/C=C3/C(=O)NC(=O)N(C4CCCC4)C3=O)c2C)cc1. The van der Waals surface area contributed by atoms with E-state index in [0.29, 0.717) is 0 Å². The highest BCUT2D eigenvalue weighted by molar-refractivity contribution is 6.31. The van der Waals surface area contributed by atoms with Crippen molar-refractivity contribution >= 4 is 23.9 Å². The number of nitrogens with one attached hydrogen (secondary N) is 1. The Labute approximate surface area is 170 Å². The van der Waals surface area contributed by atoms with Gasteiger partial charge in [-0.25, -0.2) is 4.79 Å². The first-order valence-corrected chi connectivity index (χ1v) is 10.0. The van der Waals surface area contributed by atoms with Gasteiger partial charge in [0.05, 0.1) is 0 Å². The minimum Gasteiger partial charge on any atom is -0.318 e. The minimum atomic E-state index is -0.630. The Morgan fingerprint density at radius 2 is 1.66 bits per heavy atom. The molecule has 1 aliphatic heterocycles. The molecule has 0 atom stereocenters. The van der Waals surface area contributed by atoms with E-state index >= 15 is 0 Å². The topological polar surface area (TPSA) is 71.4 Å². The van der Waals surface area contributed by atoms with Gasteiger partial charge in [0, 0.05) is 23.1 Å². The normalized spacial score (nSPS) is 19.3. The number of amides is 4. The van der Waals surface area contributed by atoms with Crippen LogP contribution < -0.4 is 5.32 Å². The Kier molecular flexibility index (Phi) is 4.86. The van der Waals surface area contributed by atoms with E-state index in [2.05, 4.69) is 22.0 Å². The molecule has 1 aromatic heterocycles. The van der Waals surface area contributed by atoms with Crippen molar-refractivity contribution in [3.8, 4) is 5.69 Å². The van der Waals surface area contributed by atoms with Crippen LogP contribution in [0.2, 0.25) is 0 Å². The summed E-state index contributed by atoms with van der Waals surface area (Å²) in [6.45, 7) is 6.00. The largest absolute Gasteiger partial charge is 0.331 e. The summed E-state index contributed by atoms with van der Waals surface area (Å²) < 4.78 is 2.09.